The first-order valence-corrected chi connectivity index (χ1v) is 3.54. The van der Waals surface area contributed by atoms with Gasteiger partial charge in [0.05, 0.1) is 0 Å². The molecule has 0 fully saturated rings. The van der Waals surface area contributed by atoms with E-state index < -0.39 is 0 Å². The van der Waals surface area contributed by atoms with Crippen LogP contribution in [0, 0.1) is 0 Å². The predicted octanol–water partition coefficient (Wildman–Crippen LogP) is 2.53. The molecular weight excluding hydrogens is 128 g/mol. The fourth-order valence-corrected chi connectivity index (χ4v) is 1.08. The second-order valence-corrected chi connectivity index (χ2v) is 2.40. The summed E-state index contributed by atoms with van der Waals surface area (Å²) in [5.74, 6) is 0. The third-order valence-electron chi connectivity index (χ3n) is 1.40. The Morgan fingerprint density at radius 2 is 2.56 bits per heavy atom. The molecule has 1 heteroatoms. The fourth-order valence-electron chi connectivity index (χ4n) is 0.892. The van der Waals surface area contributed by atoms with Gasteiger partial charge in [-0.15, -0.1) is 0 Å². The normalized spacial score (nSPS) is 17.1. The van der Waals surface area contributed by atoms with Gasteiger partial charge in [0.15, 0.2) is 0 Å². The molecule has 0 atom stereocenters. The first-order valence-electron chi connectivity index (χ1n) is 3.13. The van der Waals surface area contributed by atoms with E-state index in [0.717, 1.165) is 6.42 Å². The summed E-state index contributed by atoms with van der Waals surface area (Å²) in [6, 6.07) is 0. The maximum Gasteiger partial charge on any atom is 0.0335 e. The Kier molecular flexibility index (Phi) is 2.65. The zero-order valence-corrected chi connectivity index (χ0v) is 6.08. The van der Waals surface area contributed by atoms with Crippen molar-refractivity contribution in [2.45, 2.75) is 19.3 Å². The van der Waals surface area contributed by atoms with E-state index in [1.165, 1.54) is 18.4 Å². The molecule has 47 valence electrons. The van der Waals surface area contributed by atoms with E-state index in [-0.39, 0.29) is 0 Å². The third-order valence-corrected chi connectivity index (χ3v) is 1.54. The Bertz CT molecular complexity index is 154. The lowest BCUT2D eigenvalue weighted by atomic mass is 10.0. The highest BCUT2D eigenvalue weighted by atomic mass is 32.1. The Balaban J connectivity index is 2.47. The quantitative estimate of drug-likeness (QED) is 0.527. The van der Waals surface area contributed by atoms with Crippen molar-refractivity contribution in [3.63, 3.8) is 0 Å². The Labute approximate surface area is 61.3 Å². The van der Waals surface area contributed by atoms with E-state index in [1.54, 1.807) is 0 Å². The molecule has 0 unspecified atom stereocenters. The van der Waals surface area contributed by atoms with Crippen LogP contribution in [0.2, 0.25) is 0 Å². The number of hydrogen-bond donors (Lipinski definition) is 0. The number of hydrogen-bond acceptors (Lipinski definition) is 1. The second-order valence-electron chi connectivity index (χ2n) is 2.11. The fraction of sp³-hybridized carbons (Fsp3) is 0.375. The zero-order valence-electron chi connectivity index (χ0n) is 5.26. The number of allylic oxidation sites excluding steroid dienone is 4. The molecule has 0 aliphatic heterocycles. The van der Waals surface area contributed by atoms with Gasteiger partial charge in [0.1, 0.15) is 0 Å². The van der Waals surface area contributed by atoms with Gasteiger partial charge >= 0.3 is 0 Å². The van der Waals surface area contributed by atoms with Crippen LogP contribution in [-0.4, -0.2) is 5.37 Å². The molecule has 0 nitrogen and oxygen atoms in total. The molecule has 9 heavy (non-hydrogen) atoms. The minimum absolute atomic E-state index is 0.861. The van der Waals surface area contributed by atoms with Crippen molar-refractivity contribution in [3.05, 3.63) is 23.8 Å². The molecule has 1 aliphatic rings. The van der Waals surface area contributed by atoms with Gasteiger partial charge in [-0.05, 0) is 12.8 Å². The standard InChI is InChI=1S/C8H9S/c9-7-6-8-4-2-1-3-5-8/h1-2,4H,3,5-6H2. The summed E-state index contributed by atoms with van der Waals surface area (Å²) in [5, 5.41) is 2.72. The molecule has 0 saturated heterocycles. The molecule has 0 N–H and O–H groups in total. The van der Waals surface area contributed by atoms with E-state index in [0.29, 0.717) is 0 Å². The molecule has 0 aromatic carbocycles. The van der Waals surface area contributed by atoms with Crippen LogP contribution in [0.3, 0.4) is 0 Å². The van der Waals surface area contributed by atoms with Crippen LogP contribution in [0.5, 0.6) is 0 Å². The van der Waals surface area contributed by atoms with Gasteiger partial charge < -0.3 is 0 Å². The van der Waals surface area contributed by atoms with Gasteiger partial charge in [0.25, 0.3) is 0 Å². The average Bonchev–Trinajstić information content (AvgIpc) is 1.91. The van der Waals surface area contributed by atoms with Gasteiger partial charge in [-0.3, -0.25) is 0 Å². The van der Waals surface area contributed by atoms with Crippen molar-refractivity contribution in [3.8, 4) is 0 Å². The molecule has 1 rings (SSSR count). The summed E-state index contributed by atoms with van der Waals surface area (Å²) in [5.41, 5.74) is 1.41. The van der Waals surface area contributed by atoms with Gasteiger partial charge in [-0.2, -0.15) is 0 Å². The molecule has 0 amide bonds. The van der Waals surface area contributed by atoms with Gasteiger partial charge in [-0.25, -0.2) is 0 Å². The maximum atomic E-state index is 4.62. The lowest BCUT2D eigenvalue weighted by Crippen LogP contribution is -1.86. The Morgan fingerprint density at radius 1 is 1.67 bits per heavy atom. The minimum atomic E-state index is 0.861. The van der Waals surface area contributed by atoms with Crippen LogP contribution in [0.4, 0.5) is 0 Å². The molecule has 0 aromatic rings. The third kappa shape index (κ3) is 2.10. The molecule has 0 spiro atoms. The number of thiocarbonyl (C=S) groups is 1. The SMILES string of the molecule is S=[C]CC1=CC=CCC1. The molecular formula is C8H9S. The maximum absolute atomic E-state index is 4.62. The molecule has 1 aliphatic carbocycles. The second kappa shape index (κ2) is 3.57. The largest absolute Gasteiger partial charge is 0.0842 e. The lowest BCUT2D eigenvalue weighted by Gasteiger charge is -2.03. The summed E-state index contributed by atoms with van der Waals surface area (Å²) in [6.07, 6.45) is 9.59. The van der Waals surface area contributed by atoms with Crippen molar-refractivity contribution in [1.29, 1.82) is 0 Å². The van der Waals surface area contributed by atoms with Crippen LogP contribution < -0.4 is 0 Å². The predicted molar refractivity (Wildman–Crippen MR) is 43.7 cm³/mol. The van der Waals surface area contributed by atoms with E-state index in [1.807, 2.05) is 0 Å². The molecule has 0 heterocycles. The Hall–Kier alpha value is -0.430. The highest BCUT2D eigenvalue weighted by molar-refractivity contribution is 7.79. The van der Waals surface area contributed by atoms with E-state index >= 15 is 0 Å². The minimum Gasteiger partial charge on any atom is -0.0842 e. The first-order chi connectivity index (χ1) is 4.43. The topological polar surface area (TPSA) is 0 Å². The molecule has 1 radical (unpaired) electrons. The summed E-state index contributed by atoms with van der Waals surface area (Å²) >= 11 is 4.62. The molecule has 0 aromatic heterocycles. The van der Waals surface area contributed by atoms with E-state index in [9.17, 15) is 0 Å². The van der Waals surface area contributed by atoms with Crippen molar-refractivity contribution in [2.75, 3.05) is 0 Å². The van der Waals surface area contributed by atoms with Crippen LogP contribution in [0.15, 0.2) is 23.8 Å². The van der Waals surface area contributed by atoms with Gasteiger partial charge in [-0.1, -0.05) is 36.0 Å². The summed E-state index contributed by atoms with van der Waals surface area (Å²) in [6.45, 7) is 0. The highest BCUT2D eigenvalue weighted by Crippen LogP contribution is 2.13. The monoisotopic (exact) mass is 137 g/mol. The van der Waals surface area contributed by atoms with Crippen molar-refractivity contribution in [1.82, 2.24) is 0 Å². The smallest absolute Gasteiger partial charge is 0.0335 e. The molecule has 0 saturated carbocycles. The van der Waals surface area contributed by atoms with Gasteiger partial charge in [0, 0.05) is 11.8 Å². The van der Waals surface area contributed by atoms with Crippen molar-refractivity contribution >= 4 is 17.6 Å². The summed E-state index contributed by atoms with van der Waals surface area (Å²) < 4.78 is 0. The van der Waals surface area contributed by atoms with Crippen LogP contribution >= 0.6 is 12.2 Å². The van der Waals surface area contributed by atoms with Crippen LogP contribution in [0.1, 0.15) is 19.3 Å². The molecule has 0 bridgehead atoms. The highest BCUT2D eigenvalue weighted by Gasteiger charge is 1.95. The zero-order chi connectivity index (χ0) is 6.53. The van der Waals surface area contributed by atoms with Crippen LogP contribution in [-0.2, 0) is 0 Å². The summed E-state index contributed by atoms with van der Waals surface area (Å²) in [7, 11) is 0. The van der Waals surface area contributed by atoms with E-state index in [4.69, 9.17) is 0 Å². The van der Waals surface area contributed by atoms with Crippen LogP contribution in [0.25, 0.3) is 0 Å². The Morgan fingerprint density at radius 3 is 3.11 bits per heavy atom. The van der Waals surface area contributed by atoms with Crippen molar-refractivity contribution in [2.24, 2.45) is 0 Å². The van der Waals surface area contributed by atoms with Gasteiger partial charge in [0.2, 0.25) is 0 Å². The van der Waals surface area contributed by atoms with Crippen molar-refractivity contribution < 1.29 is 0 Å². The first kappa shape index (κ1) is 6.69. The van der Waals surface area contributed by atoms with E-state index in [2.05, 4.69) is 35.8 Å². The lowest BCUT2D eigenvalue weighted by molar-refractivity contribution is 0.943. The average molecular weight is 137 g/mol. The number of rotatable bonds is 2. The summed E-state index contributed by atoms with van der Waals surface area (Å²) in [4.78, 5) is 0.